The van der Waals surface area contributed by atoms with Crippen molar-refractivity contribution in [3.63, 3.8) is 0 Å². The van der Waals surface area contributed by atoms with E-state index in [0.29, 0.717) is 0 Å². The number of rotatable bonds is 2. The largest absolute Gasteiger partial charge is 0.165 e. The van der Waals surface area contributed by atoms with Crippen LogP contribution in [-0.2, 0) is 0 Å². The first kappa shape index (κ1) is 11.4. The zero-order valence-electron chi connectivity index (χ0n) is 9.06. The Bertz CT molecular complexity index is 102. The van der Waals surface area contributed by atoms with E-state index in [1.54, 1.807) is 0 Å². The second kappa shape index (κ2) is 7.73. The average molecular weight is 200 g/mol. The summed E-state index contributed by atoms with van der Waals surface area (Å²) in [6, 6.07) is 0. The van der Waals surface area contributed by atoms with Gasteiger partial charge in [0.1, 0.15) is 0 Å². The van der Waals surface area contributed by atoms with E-state index in [2.05, 4.69) is 6.26 Å². The van der Waals surface area contributed by atoms with Crippen LogP contribution in [-0.4, -0.2) is 12.0 Å². The lowest BCUT2D eigenvalue weighted by atomic mass is 9.94. The molecule has 0 nitrogen and oxygen atoms in total. The summed E-state index contributed by atoms with van der Waals surface area (Å²) in [5, 5.41) is 0. The van der Waals surface area contributed by atoms with Crippen LogP contribution in [0.2, 0.25) is 0 Å². The highest BCUT2D eigenvalue weighted by atomic mass is 32.2. The van der Waals surface area contributed by atoms with Gasteiger partial charge in [0.05, 0.1) is 0 Å². The second-order valence-electron chi connectivity index (χ2n) is 4.37. The topological polar surface area (TPSA) is 0 Å². The molecule has 1 heteroatoms. The Morgan fingerprint density at radius 2 is 1.31 bits per heavy atom. The molecular formula is C12H24S. The predicted octanol–water partition coefficient (Wildman–Crippen LogP) is 4.49. The van der Waals surface area contributed by atoms with Gasteiger partial charge in [-0.2, -0.15) is 11.8 Å². The molecule has 0 aromatic heterocycles. The average Bonchev–Trinajstić information content (AvgIpc) is 2.16. The molecule has 0 atom stereocenters. The molecule has 0 aromatic carbocycles. The maximum atomic E-state index is 2.25. The fraction of sp³-hybridized carbons (Fsp3) is 1.00. The molecule has 1 fully saturated rings. The van der Waals surface area contributed by atoms with Crippen molar-refractivity contribution in [3.8, 4) is 0 Å². The molecule has 0 saturated heterocycles. The summed E-state index contributed by atoms with van der Waals surface area (Å²) in [6.45, 7) is 0. The van der Waals surface area contributed by atoms with Crippen LogP contribution in [0.25, 0.3) is 0 Å². The highest BCUT2D eigenvalue weighted by Gasteiger charge is 2.08. The van der Waals surface area contributed by atoms with Gasteiger partial charge in [-0.15, -0.1) is 0 Å². The van der Waals surface area contributed by atoms with E-state index in [4.69, 9.17) is 0 Å². The monoisotopic (exact) mass is 200 g/mol. The van der Waals surface area contributed by atoms with Crippen LogP contribution < -0.4 is 0 Å². The number of hydrogen-bond donors (Lipinski definition) is 0. The van der Waals surface area contributed by atoms with Gasteiger partial charge in [-0.3, -0.25) is 0 Å². The Kier molecular flexibility index (Phi) is 6.79. The third-order valence-corrected chi connectivity index (χ3v) is 3.93. The summed E-state index contributed by atoms with van der Waals surface area (Å²) >= 11 is 2.04. The van der Waals surface area contributed by atoms with E-state index in [0.717, 1.165) is 5.92 Å². The quantitative estimate of drug-likeness (QED) is 0.633. The SMILES string of the molecule is CSCC1CCCCCCCCC1. The van der Waals surface area contributed by atoms with Crippen molar-refractivity contribution in [2.45, 2.75) is 57.8 Å². The molecule has 0 aliphatic heterocycles. The van der Waals surface area contributed by atoms with Gasteiger partial charge in [0.2, 0.25) is 0 Å². The Morgan fingerprint density at radius 3 is 1.77 bits per heavy atom. The van der Waals surface area contributed by atoms with Gasteiger partial charge in [-0.05, 0) is 30.8 Å². The molecule has 0 aromatic rings. The first-order chi connectivity index (χ1) is 6.43. The Morgan fingerprint density at radius 1 is 0.846 bits per heavy atom. The van der Waals surface area contributed by atoms with Crippen LogP contribution >= 0.6 is 11.8 Å². The van der Waals surface area contributed by atoms with Crippen LogP contribution in [0.1, 0.15) is 57.8 Å². The summed E-state index contributed by atoms with van der Waals surface area (Å²) in [5.41, 5.74) is 0. The van der Waals surface area contributed by atoms with Crippen LogP contribution in [0.3, 0.4) is 0 Å². The maximum Gasteiger partial charge on any atom is -0.00419 e. The normalized spacial score (nSPS) is 22.8. The van der Waals surface area contributed by atoms with Crippen molar-refractivity contribution in [2.24, 2.45) is 5.92 Å². The van der Waals surface area contributed by atoms with Crippen LogP contribution in [0.15, 0.2) is 0 Å². The molecule has 1 aliphatic rings. The molecule has 0 heterocycles. The summed E-state index contributed by atoms with van der Waals surface area (Å²) in [4.78, 5) is 0. The van der Waals surface area contributed by atoms with Gasteiger partial charge in [0, 0.05) is 0 Å². The molecule has 0 amide bonds. The third kappa shape index (κ3) is 5.61. The van der Waals surface area contributed by atoms with Crippen molar-refractivity contribution in [1.82, 2.24) is 0 Å². The van der Waals surface area contributed by atoms with E-state index in [1.165, 1.54) is 63.5 Å². The Hall–Kier alpha value is 0.350. The van der Waals surface area contributed by atoms with Gasteiger partial charge in [-0.25, -0.2) is 0 Å². The lowest BCUT2D eigenvalue weighted by Gasteiger charge is -2.17. The number of thioether (sulfide) groups is 1. The predicted molar refractivity (Wildman–Crippen MR) is 63.4 cm³/mol. The first-order valence-corrected chi connectivity index (χ1v) is 7.32. The Labute approximate surface area is 87.9 Å². The molecular weight excluding hydrogens is 176 g/mol. The first-order valence-electron chi connectivity index (χ1n) is 5.92. The Balaban J connectivity index is 2.18. The molecule has 78 valence electrons. The zero-order chi connectivity index (χ0) is 9.36. The van der Waals surface area contributed by atoms with Crippen molar-refractivity contribution in [1.29, 1.82) is 0 Å². The lowest BCUT2D eigenvalue weighted by molar-refractivity contribution is 0.419. The van der Waals surface area contributed by atoms with Crippen LogP contribution in [0.5, 0.6) is 0 Å². The minimum atomic E-state index is 1.04. The van der Waals surface area contributed by atoms with E-state index in [-0.39, 0.29) is 0 Å². The van der Waals surface area contributed by atoms with Crippen LogP contribution in [0.4, 0.5) is 0 Å². The summed E-state index contributed by atoms with van der Waals surface area (Å²) in [7, 11) is 0. The molecule has 13 heavy (non-hydrogen) atoms. The highest BCUT2D eigenvalue weighted by Crippen LogP contribution is 2.23. The van der Waals surface area contributed by atoms with Crippen molar-refractivity contribution >= 4 is 11.8 Å². The smallest absolute Gasteiger partial charge is 0.00419 e. The summed E-state index contributed by atoms with van der Waals surface area (Å²) < 4.78 is 0. The fourth-order valence-corrected chi connectivity index (χ4v) is 3.10. The minimum absolute atomic E-state index is 1.04. The third-order valence-electron chi connectivity index (χ3n) is 3.13. The van der Waals surface area contributed by atoms with Gasteiger partial charge in [0.15, 0.2) is 0 Å². The standard InChI is InChI=1S/C12H24S/c1-13-11-12-9-7-5-3-2-4-6-8-10-12/h12H,2-11H2,1H3. The molecule has 0 radical (unpaired) electrons. The van der Waals surface area contributed by atoms with Gasteiger partial charge in [0.25, 0.3) is 0 Å². The van der Waals surface area contributed by atoms with E-state index < -0.39 is 0 Å². The van der Waals surface area contributed by atoms with Crippen LogP contribution in [0, 0.1) is 5.92 Å². The molecule has 1 rings (SSSR count). The van der Waals surface area contributed by atoms with Crippen molar-refractivity contribution < 1.29 is 0 Å². The van der Waals surface area contributed by atoms with E-state index >= 15 is 0 Å². The molecule has 0 spiro atoms. The molecule has 1 saturated carbocycles. The fourth-order valence-electron chi connectivity index (χ4n) is 2.30. The zero-order valence-corrected chi connectivity index (χ0v) is 9.87. The summed E-state index contributed by atoms with van der Waals surface area (Å²) in [5.74, 6) is 2.44. The van der Waals surface area contributed by atoms with Crippen molar-refractivity contribution in [3.05, 3.63) is 0 Å². The highest BCUT2D eigenvalue weighted by molar-refractivity contribution is 7.98. The maximum absolute atomic E-state index is 2.25. The van der Waals surface area contributed by atoms with E-state index in [9.17, 15) is 0 Å². The van der Waals surface area contributed by atoms with Gasteiger partial charge in [-0.1, -0.05) is 44.9 Å². The molecule has 0 N–H and O–H groups in total. The second-order valence-corrected chi connectivity index (χ2v) is 5.28. The van der Waals surface area contributed by atoms with E-state index in [1.807, 2.05) is 11.8 Å². The van der Waals surface area contributed by atoms with Crippen molar-refractivity contribution in [2.75, 3.05) is 12.0 Å². The lowest BCUT2D eigenvalue weighted by Crippen LogP contribution is -2.05. The number of hydrogen-bond acceptors (Lipinski definition) is 1. The molecule has 1 aliphatic carbocycles. The van der Waals surface area contributed by atoms with Gasteiger partial charge >= 0.3 is 0 Å². The summed E-state index contributed by atoms with van der Waals surface area (Å²) in [6.07, 6.45) is 15.7. The minimum Gasteiger partial charge on any atom is -0.165 e. The molecule has 0 bridgehead atoms. The molecule has 0 unspecified atom stereocenters. The van der Waals surface area contributed by atoms with Gasteiger partial charge < -0.3 is 0 Å².